The van der Waals surface area contributed by atoms with Crippen LogP contribution in [0.25, 0.3) is 11.5 Å². The lowest BCUT2D eigenvalue weighted by Crippen LogP contribution is -2.08. The minimum absolute atomic E-state index is 0.0821. The minimum atomic E-state index is -0.334. The van der Waals surface area contributed by atoms with Gasteiger partial charge in [0.1, 0.15) is 5.75 Å². The summed E-state index contributed by atoms with van der Waals surface area (Å²) in [5.74, 6) is -0.144. The van der Waals surface area contributed by atoms with Crippen LogP contribution in [0.15, 0.2) is 46.0 Å². The molecule has 0 saturated carbocycles. The smallest absolute Gasteiger partial charge is 0.277 e. The van der Waals surface area contributed by atoms with Crippen molar-refractivity contribution in [1.29, 1.82) is 0 Å². The zero-order chi connectivity index (χ0) is 20.3. The number of Topliss-reactive ketones (excluding diaryl/α,β-unsaturated/α-hetero) is 1. The molecule has 8 heteroatoms. The minimum Gasteiger partial charge on any atom is -0.506 e. The summed E-state index contributed by atoms with van der Waals surface area (Å²) >= 11 is 1.13. The summed E-state index contributed by atoms with van der Waals surface area (Å²) < 4.78 is 5.65. The Hall–Kier alpha value is -3.13. The van der Waals surface area contributed by atoms with Gasteiger partial charge in [0.05, 0.1) is 11.4 Å². The molecule has 1 aromatic heterocycles. The molecule has 7 nitrogen and oxygen atoms in total. The van der Waals surface area contributed by atoms with Crippen molar-refractivity contribution in [3.63, 3.8) is 0 Å². The van der Waals surface area contributed by atoms with Crippen LogP contribution in [-0.4, -0.2) is 32.7 Å². The SMILES string of the molecule is CC(=O)Nc1cc(C(=O)CSc2nnc(-c3cc(C)cc(C)c3)o2)ccc1O. The topological polar surface area (TPSA) is 105 Å². The third kappa shape index (κ3) is 4.77. The Kier molecular flexibility index (Phi) is 5.79. The Balaban J connectivity index is 1.68. The van der Waals surface area contributed by atoms with Crippen molar-refractivity contribution in [2.45, 2.75) is 26.0 Å². The summed E-state index contributed by atoms with van der Waals surface area (Å²) in [7, 11) is 0. The molecule has 1 heterocycles. The molecule has 2 aromatic carbocycles. The Bertz CT molecular complexity index is 1030. The molecular weight excluding hydrogens is 378 g/mol. The van der Waals surface area contributed by atoms with Crippen molar-refractivity contribution in [1.82, 2.24) is 10.2 Å². The van der Waals surface area contributed by atoms with E-state index in [-0.39, 0.29) is 28.9 Å². The zero-order valence-corrected chi connectivity index (χ0v) is 16.5. The molecule has 3 rings (SSSR count). The largest absolute Gasteiger partial charge is 0.506 e. The number of phenolic OH excluding ortho intramolecular Hbond substituents is 1. The number of aromatic nitrogens is 2. The highest BCUT2D eigenvalue weighted by molar-refractivity contribution is 7.99. The van der Waals surface area contributed by atoms with Crippen LogP contribution in [0.4, 0.5) is 5.69 Å². The molecule has 0 spiro atoms. The van der Waals surface area contributed by atoms with E-state index in [9.17, 15) is 14.7 Å². The second-order valence-corrected chi connectivity index (χ2v) is 7.30. The number of nitrogens with one attached hydrogen (secondary N) is 1. The maximum atomic E-state index is 12.4. The van der Waals surface area contributed by atoms with E-state index in [4.69, 9.17) is 4.42 Å². The number of carbonyl (C=O) groups excluding carboxylic acids is 2. The Morgan fingerprint density at radius 3 is 2.50 bits per heavy atom. The molecule has 2 N–H and O–H groups in total. The first-order valence-corrected chi connectivity index (χ1v) is 9.49. The van der Waals surface area contributed by atoms with E-state index in [2.05, 4.69) is 21.6 Å². The Morgan fingerprint density at radius 1 is 1.11 bits per heavy atom. The van der Waals surface area contributed by atoms with Gasteiger partial charge in [0, 0.05) is 18.1 Å². The first-order chi connectivity index (χ1) is 13.3. The van der Waals surface area contributed by atoms with Gasteiger partial charge in [0.2, 0.25) is 11.8 Å². The fourth-order valence-corrected chi connectivity index (χ4v) is 3.35. The standard InChI is InChI=1S/C20H19N3O4S/c1-11-6-12(2)8-15(7-11)19-22-23-20(27-19)28-10-18(26)14-4-5-17(25)16(9-14)21-13(3)24/h4-9,25H,10H2,1-3H3,(H,21,24). The average Bonchev–Trinajstić information content (AvgIpc) is 3.09. The number of aromatic hydroxyl groups is 1. The van der Waals surface area contributed by atoms with Gasteiger partial charge < -0.3 is 14.8 Å². The van der Waals surface area contributed by atoms with Crippen LogP contribution in [0, 0.1) is 13.8 Å². The second-order valence-electron chi connectivity index (χ2n) is 6.37. The van der Waals surface area contributed by atoms with Crippen molar-refractivity contribution < 1.29 is 19.1 Å². The van der Waals surface area contributed by atoms with E-state index in [0.29, 0.717) is 16.7 Å². The van der Waals surface area contributed by atoms with Crippen LogP contribution in [0.1, 0.15) is 28.4 Å². The molecule has 0 aliphatic rings. The summed E-state index contributed by atoms with van der Waals surface area (Å²) in [5, 5.41) is 20.6. The van der Waals surface area contributed by atoms with Crippen LogP contribution in [0.2, 0.25) is 0 Å². The first-order valence-electron chi connectivity index (χ1n) is 8.50. The lowest BCUT2D eigenvalue weighted by Gasteiger charge is -2.07. The van der Waals surface area contributed by atoms with Gasteiger partial charge in [-0.25, -0.2) is 0 Å². The fourth-order valence-electron chi connectivity index (χ4n) is 2.69. The lowest BCUT2D eigenvalue weighted by atomic mass is 10.1. The third-order valence-electron chi connectivity index (χ3n) is 3.83. The van der Waals surface area contributed by atoms with Crippen LogP contribution in [-0.2, 0) is 4.79 Å². The highest BCUT2D eigenvalue weighted by Gasteiger charge is 2.14. The molecule has 144 valence electrons. The van der Waals surface area contributed by atoms with Crippen molar-refractivity contribution in [3.05, 3.63) is 53.1 Å². The quantitative estimate of drug-likeness (QED) is 0.368. The van der Waals surface area contributed by atoms with Crippen LogP contribution in [0.3, 0.4) is 0 Å². The number of aryl methyl sites for hydroxylation is 2. The molecule has 0 aliphatic carbocycles. The molecule has 0 saturated heterocycles. The number of hydrogen-bond acceptors (Lipinski definition) is 7. The molecule has 0 bridgehead atoms. The number of thioether (sulfide) groups is 1. The molecule has 0 unspecified atom stereocenters. The van der Waals surface area contributed by atoms with Gasteiger partial charge in [-0.05, 0) is 44.2 Å². The third-order valence-corrected chi connectivity index (χ3v) is 4.65. The number of rotatable bonds is 6. The van der Waals surface area contributed by atoms with Gasteiger partial charge in [-0.3, -0.25) is 9.59 Å². The number of anilines is 1. The van der Waals surface area contributed by atoms with Gasteiger partial charge in [-0.15, -0.1) is 10.2 Å². The predicted molar refractivity (Wildman–Crippen MR) is 107 cm³/mol. The van der Waals surface area contributed by atoms with Crippen molar-refractivity contribution in [3.8, 4) is 17.2 Å². The Morgan fingerprint density at radius 2 is 1.82 bits per heavy atom. The maximum Gasteiger partial charge on any atom is 0.277 e. The van der Waals surface area contributed by atoms with E-state index in [1.165, 1.54) is 25.1 Å². The highest BCUT2D eigenvalue weighted by atomic mass is 32.2. The van der Waals surface area contributed by atoms with E-state index in [1.807, 2.05) is 26.0 Å². The average molecular weight is 397 g/mol. The van der Waals surface area contributed by atoms with Crippen LogP contribution < -0.4 is 5.32 Å². The van der Waals surface area contributed by atoms with E-state index in [0.717, 1.165) is 28.5 Å². The number of hydrogen-bond donors (Lipinski definition) is 2. The fraction of sp³-hybridized carbons (Fsp3) is 0.200. The summed E-state index contributed by atoms with van der Waals surface area (Å²) in [4.78, 5) is 23.6. The van der Waals surface area contributed by atoms with Gasteiger partial charge in [-0.2, -0.15) is 0 Å². The summed E-state index contributed by atoms with van der Waals surface area (Å²) in [6, 6.07) is 10.3. The number of nitrogens with zero attached hydrogens (tertiary/aromatic N) is 2. The predicted octanol–water partition coefficient (Wildman–Crippen LogP) is 3.99. The molecule has 0 atom stereocenters. The maximum absolute atomic E-state index is 12.4. The van der Waals surface area contributed by atoms with Crippen molar-refractivity contribution >= 4 is 29.1 Å². The van der Waals surface area contributed by atoms with Gasteiger partial charge in [0.15, 0.2) is 5.78 Å². The van der Waals surface area contributed by atoms with Crippen LogP contribution >= 0.6 is 11.8 Å². The molecule has 28 heavy (non-hydrogen) atoms. The summed E-state index contributed by atoms with van der Waals surface area (Å²) in [6.07, 6.45) is 0. The van der Waals surface area contributed by atoms with Crippen molar-refractivity contribution in [2.75, 3.05) is 11.1 Å². The monoisotopic (exact) mass is 397 g/mol. The lowest BCUT2D eigenvalue weighted by molar-refractivity contribution is -0.114. The summed E-state index contributed by atoms with van der Waals surface area (Å²) in [6.45, 7) is 5.31. The van der Waals surface area contributed by atoms with E-state index in [1.54, 1.807) is 0 Å². The number of amides is 1. The normalized spacial score (nSPS) is 10.7. The number of carbonyl (C=O) groups is 2. The van der Waals surface area contributed by atoms with E-state index >= 15 is 0 Å². The number of benzene rings is 2. The van der Waals surface area contributed by atoms with Crippen molar-refractivity contribution in [2.24, 2.45) is 0 Å². The molecule has 0 aliphatic heterocycles. The zero-order valence-electron chi connectivity index (χ0n) is 15.6. The molecule has 0 fully saturated rings. The number of ketones is 1. The molecule has 1 amide bonds. The molecular formula is C20H19N3O4S. The highest BCUT2D eigenvalue weighted by Crippen LogP contribution is 2.27. The van der Waals surface area contributed by atoms with E-state index < -0.39 is 0 Å². The Labute approximate surface area is 166 Å². The van der Waals surface area contributed by atoms with Gasteiger partial charge >= 0.3 is 0 Å². The second kappa shape index (κ2) is 8.26. The summed E-state index contributed by atoms with van der Waals surface area (Å²) in [5.41, 5.74) is 3.59. The van der Waals surface area contributed by atoms with Gasteiger partial charge in [-0.1, -0.05) is 29.0 Å². The molecule has 0 radical (unpaired) electrons. The number of phenols is 1. The molecule has 3 aromatic rings. The van der Waals surface area contributed by atoms with Gasteiger partial charge in [0.25, 0.3) is 5.22 Å². The first kappa shape index (κ1) is 19.6. The van der Waals surface area contributed by atoms with Crippen LogP contribution in [0.5, 0.6) is 5.75 Å².